The molecular formula is C23H24N2O3S. The predicted molar refractivity (Wildman–Crippen MR) is 116 cm³/mol. The Morgan fingerprint density at radius 1 is 0.897 bits per heavy atom. The van der Waals surface area contributed by atoms with Gasteiger partial charge in [-0.2, -0.15) is 0 Å². The first-order valence-corrected chi connectivity index (χ1v) is 11.4. The lowest BCUT2D eigenvalue weighted by atomic mass is 9.97. The molecule has 0 saturated carbocycles. The van der Waals surface area contributed by atoms with Gasteiger partial charge in [-0.25, -0.2) is 12.7 Å². The molecule has 1 fully saturated rings. The van der Waals surface area contributed by atoms with Crippen LogP contribution in [0.1, 0.15) is 18.4 Å². The van der Waals surface area contributed by atoms with Crippen molar-refractivity contribution < 1.29 is 13.2 Å². The quantitative estimate of drug-likeness (QED) is 0.693. The van der Waals surface area contributed by atoms with Gasteiger partial charge in [-0.1, -0.05) is 60.7 Å². The van der Waals surface area contributed by atoms with Crippen LogP contribution in [0.15, 0.2) is 72.8 Å². The summed E-state index contributed by atoms with van der Waals surface area (Å²) in [5.41, 5.74) is 1.55. The van der Waals surface area contributed by atoms with Gasteiger partial charge in [0.2, 0.25) is 15.9 Å². The van der Waals surface area contributed by atoms with E-state index in [9.17, 15) is 13.2 Å². The van der Waals surface area contributed by atoms with Gasteiger partial charge in [-0.3, -0.25) is 4.79 Å². The predicted octanol–water partition coefficient (Wildman–Crippen LogP) is 4.02. The zero-order chi connectivity index (χ0) is 20.3. The number of benzene rings is 3. The number of amides is 1. The van der Waals surface area contributed by atoms with E-state index < -0.39 is 10.0 Å². The fourth-order valence-corrected chi connectivity index (χ4v) is 5.35. The summed E-state index contributed by atoms with van der Waals surface area (Å²) in [6.07, 6.45) is 1.07. The van der Waals surface area contributed by atoms with Crippen LogP contribution in [0.2, 0.25) is 0 Å². The molecule has 0 aliphatic carbocycles. The standard InChI is InChI=1S/C23H24N2O3S/c26-23(24-22-11-10-19-8-4-5-9-21(19)16-22)20-12-14-25(15-13-20)29(27,28)17-18-6-2-1-3-7-18/h1-11,16,20H,12-15,17H2,(H,24,26). The van der Waals surface area contributed by atoms with E-state index in [1.165, 1.54) is 4.31 Å². The molecule has 1 heterocycles. The van der Waals surface area contributed by atoms with Gasteiger partial charge in [-0.15, -0.1) is 0 Å². The molecule has 3 aromatic rings. The summed E-state index contributed by atoms with van der Waals surface area (Å²) < 4.78 is 26.9. The van der Waals surface area contributed by atoms with Crippen LogP contribution in [0.3, 0.4) is 0 Å². The zero-order valence-electron chi connectivity index (χ0n) is 16.1. The Morgan fingerprint density at radius 2 is 1.55 bits per heavy atom. The van der Waals surface area contributed by atoms with Gasteiger partial charge in [-0.05, 0) is 41.3 Å². The molecule has 6 heteroatoms. The lowest BCUT2D eigenvalue weighted by molar-refractivity contribution is -0.120. The van der Waals surface area contributed by atoms with Crippen LogP contribution >= 0.6 is 0 Å². The summed E-state index contributed by atoms with van der Waals surface area (Å²) in [6, 6.07) is 23.1. The summed E-state index contributed by atoms with van der Waals surface area (Å²) in [7, 11) is -3.37. The van der Waals surface area contributed by atoms with Crippen molar-refractivity contribution in [3.05, 3.63) is 78.4 Å². The van der Waals surface area contributed by atoms with Gasteiger partial charge in [0.1, 0.15) is 0 Å². The van der Waals surface area contributed by atoms with E-state index in [-0.39, 0.29) is 17.6 Å². The Bertz CT molecular complexity index is 1110. The highest BCUT2D eigenvalue weighted by Crippen LogP contribution is 2.24. The second kappa shape index (κ2) is 8.35. The molecule has 5 nitrogen and oxygen atoms in total. The van der Waals surface area contributed by atoms with Crippen LogP contribution in [0.4, 0.5) is 5.69 Å². The maximum Gasteiger partial charge on any atom is 0.227 e. The van der Waals surface area contributed by atoms with E-state index >= 15 is 0 Å². The third kappa shape index (κ3) is 4.66. The molecule has 0 unspecified atom stereocenters. The second-order valence-electron chi connectivity index (χ2n) is 7.47. The number of piperidine rings is 1. The summed E-state index contributed by atoms with van der Waals surface area (Å²) in [6.45, 7) is 0.760. The molecule has 1 aliphatic heterocycles. The summed E-state index contributed by atoms with van der Waals surface area (Å²) in [4.78, 5) is 12.7. The smallest absolute Gasteiger partial charge is 0.227 e. The van der Waals surface area contributed by atoms with Crippen molar-refractivity contribution in [3.63, 3.8) is 0 Å². The van der Waals surface area contributed by atoms with E-state index in [4.69, 9.17) is 0 Å². The molecular weight excluding hydrogens is 384 g/mol. The molecule has 29 heavy (non-hydrogen) atoms. The molecule has 4 rings (SSSR count). The topological polar surface area (TPSA) is 66.5 Å². The maximum atomic E-state index is 12.7. The number of anilines is 1. The Kier molecular flexibility index (Phi) is 5.65. The highest BCUT2D eigenvalue weighted by Gasteiger charge is 2.31. The van der Waals surface area contributed by atoms with Gasteiger partial charge in [0.15, 0.2) is 0 Å². The van der Waals surface area contributed by atoms with Gasteiger partial charge in [0.05, 0.1) is 5.75 Å². The van der Waals surface area contributed by atoms with Crippen molar-refractivity contribution >= 4 is 32.4 Å². The first-order chi connectivity index (χ1) is 14.0. The Labute approximate surface area is 171 Å². The number of carbonyl (C=O) groups is 1. The molecule has 150 valence electrons. The fraction of sp³-hybridized carbons (Fsp3) is 0.261. The van der Waals surface area contributed by atoms with E-state index in [1.54, 1.807) is 0 Å². The van der Waals surface area contributed by atoms with Gasteiger partial charge < -0.3 is 5.32 Å². The van der Waals surface area contributed by atoms with E-state index in [0.717, 1.165) is 22.0 Å². The monoisotopic (exact) mass is 408 g/mol. The average molecular weight is 409 g/mol. The van der Waals surface area contributed by atoms with Crippen LogP contribution in [-0.2, 0) is 20.6 Å². The molecule has 0 aromatic heterocycles. The summed E-state index contributed by atoms with van der Waals surface area (Å²) in [5, 5.41) is 5.19. The molecule has 1 aliphatic rings. The zero-order valence-corrected chi connectivity index (χ0v) is 16.9. The van der Waals surface area contributed by atoms with Crippen molar-refractivity contribution in [1.29, 1.82) is 0 Å². The largest absolute Gasteiger partial charge is 0.326 e. The molecule has 0 bridgehead atoms. The molecule has 1 N–H and O–H groups in total. The first-order valence-electron chi connectivity index (χ1n) is 9.83. The summed E-state index contributed by atoms with van der Waals surface area (Å²) >= 11 is 0. The van der Waals surface area contributed by atoms with Crippen LogP contribution in [0.25, 0.3) is 10.8 Å². The van der Waals surface area contributed by atoms with Crippen LogP contribution in [0, 0.1) is 5.92 Å². The number of hydrogen-bond acceptors (Lipinski definition) is 3. The maximum absolute atomic E-state index is 12.7. The van der Waals surface area contributed by atoms with Crippen molar-refractivity contribution in [2.45, 2.75) is 18.6 Å². The molecule has 0 radical (unpaired) electrons. The number of fused-ring (bicyclic) bond motifs is 1. The Balaban J connectivity index is 1.35. The normalized spacial score (nSPS) is 16.0. The fourth-order valence-electron chi connectivity index (χ4n) is 3.78. The molecule has 3 aromatic carbocycles. The number of rotatable bonds is 5. The Morgan fingerprint density at radius 3 is 2.28 bits per heavy atom. The van der Waals surface area contributed by atoms with Crippen LogP contribution in [-0.4, -0.2) is 31.7 Å². The summed E-state index contributed by atoms with van der Waals surface area (Å²) in [5.74, 6) is -0.216. The number of sulfonamides is 1. The lowest BCUT2D eigenvalue weighted by Gasteiger charge is -2.30. The van der Waals surface area contributed by atoms with Gasteiger partial charge >= 0.3 is 0 Å². The minimum Gasteiger partial charge on any atom is -0.326 e. The van der Waals surface area contributed by atoms with Crippen molar-refractivity contribution in [1.82, 2.24) is 4.31 Å². The number of hydrogen-bond donors (Lipinski definition) is 1. The second-order valence-corrected chi connectivity index (χ2v) is 9.44. The van der Waals surface area contributed by atoms with Crippen molar-refractivity contribution in [3.8, 4) is 0 Å². The van der Waals surface area contributed by atoms with E-state index in [1.807, 2.05) is 72.8 Å². The molecule has 0 atom stereocenters. The first kappa shape index (κ1) is 19.6. The third-order valence-corrected chi connectivity index (χ3v) is 7.28. The number of nitrogens with zero attached hydrogens (tertiary/aromatic N) is 1. The average Bonchev–Trinajstić information content (AvgIpc) is 2.74. The molecule has 0 spiro atoms. The van der Waals surface area contributed by atoms with Gasteiger partial charge in [0.25, 0.3) is 0 Å². The third-order valence-electron chi connectivity index (χ3n) is 5.43. The minimum absolute atomic E-state index is 0.00178. The van der Waals surface area contributed by atoms with Gasteiger partial charge in [0, 0.05) is 24.7 Å². The Hall–Kier alpha value is -2.70. The minimum atomic E-state index is -3.37. The lowest BCUT2D eigenvalue weighted by Crippen LogP contribution is -2.41. The highest BCUT2D eigenvalue weighted by molar-refractivity contribution is 7.88. The van der Waals surface area contributed by atoms with E-state index in [2.05, 4.69) is 5.32 Å². The van der Waals surface area contributed by atoms with Crippen LogP contribution in [0.5, 0.6) is 0 Å². The SMILES string of the molecule is O=C(Nc1ccc2ccccc2c1)C1CCN(S(=O)(=O)Cc2ccccc2)CC1. The highest BCUT2D eigenvalue weighted by atomic mass is 32.2. The number of carbonyl (C=O) groups excluding carboxylic acids is 1. The van der Waals surface area contributed by atoms with Crippen molar-refractivity contribution in [2.24, 2.45) is 5.92 Å². The molecule has 1 amide bonds. The van der Waals surface area contributed by atoms with Crippen LogP contribution < -0.4 is 5.32 Å². The molecule has 1 saturated heterocycles. The number of nitrogens with one attached hydrogen (secondary N) is 1. The van der Waals surface area contributed by atoms with E-state index in [0.29, 0.717) is 25.9 Å². The van der Waals surface area contributed by atoms with Crippen molar-refractivity contribution in [2.75, 3.05) is 18.4 Å².